The molecule has 2 rings (SSSR count). The van der Waals surface area contributed by atoms with Gasteiger partial charge < -0.3 is 14.8 Å². The summed E-state index contributed by atoms with van der Waals surface area (Å²) < 4.78 is 11.1. The number of carbonyl (C=O) groups excluding carboxylic acids is 2. The van der Waals surface area contributed by atoms with E-state index in [-0.39, 0.29) is 18.6 Å². The van der Waals surface area contributed by atoms with E-state index < -0.39 is 5.97 Å². The van der Waals surface area contributed by atoms with Gasteiger partial charge in [-0.25, -0.2) is 4.79 Å². The minimum atomic E-state index is -0.602. The van der Waals surface area contributed by atoms with Gasteiger partial charge in [-0.1, -0.05) is 46.3 Å². The molecule has 0 saturated carbocycles. The van der Waals surface area contributed by atoms with Crippen LogP contribution >= 0.6 is 15.9 Å². The van der Waals surface area contributed by atoms with Gasteiger partial charge in [-0.3, -0.25) is 4.79 Å². The lowest BCUT2D eigenvalue weighted by molar-refractivity contribution is -0.144. The van der Waals surface area contributed by atoms with Crippen molar-refractivity contribution in [2.75, 3.05) is 13.7 Å². The third kappa shape index (κ3) is 6.04. The van der Waals surface area contributed by atoms with Crippen LogP contribution in [0.25, 0.3) is 6.08 Å². The van der Waals surface area contributed by atoms with Gasteiger partial charge in [0.1, 0.15) is 5.75 Å². The van der Waals surface area contributed by atoms with Crippen molar-refractivity contribution in [1.82, 2.24) is 5.32 Å². The highest BCUT2D eigenvalue weighted by Gasteiger charge is 2.10. The number of hydrogen-bond acceptors (Lipinski definition) is 4. The van der Waals surface area contributed by atoms with E-state index in [1.165, 1.54) is 6.08 Å². The molecule has 5 nitrogen and oxygen atoms in total. The molecule has 0 saturated heterocycles. The van der Waals surface area contributed by atoms with Crippen LogP contribution in [0.2, 0.25) is 0 Å². The highest BCUT2D eigenvalue weighted by molar-refractivity contribution is 9.10. The van der Waals surface area contributed by atoms with Gasteiger partial charge in [0.2, 0.25) is 0 Å². The standard InChI is InChI=1S/C20H20BrNO4/c1-14(15-6-4-3-5-7-15)22-19(23)13-26-20(24)11-8-16-12-17(21)9-10-18(16)25-2/h3-12,14H,13H2,1-2H3,(H,22,23)/b11-8+/t14-/m0/s1. The predicted octanol–water partition coefficient (Wildman–Crippen LogP) is 3.89. The van der Waals surface area contributed by atoms with Crippen molar-refractivity contribution in [2.45, 2.75) is 13.0 Å². The fourth-order valence-electron chi connectivity index (χ4n) is 2.29. The van der Waals surface area contributed by atoms with Gasteiger partial charge in [0.15, 0.2) is 6.61 Å². The van der Waals surface area contributed by atoms with E-state index in [9.17, 15) is 9.59 Å². The molecular formula is C20H20BrNO4. The van der Waals surface area contributed by atoms with Crippen molar-refractivity contribution in [3.63, 3.8) is 0 Å². The van der Waals surface area contributed by atoms with Crippen molar-refractivity contribution in [2.24, 2.45) is 0 Å². The Hall–Kier alpha value is -2.60. The molecule has 1 amide bonds. The SMILES string of the molecule is COc1ccc(Br)cc1/C=C/C(=O)OCC(=O)N[C@@H](C)c1ccccc1. The minimum absolute atomic E-state index is 0.163. The van der Waals surface area contributed by atoms with Crippen molar-refractivity contribution in [1.29, 1.82) is 0 Å². The summed E-state index contributed by atoms with van der Waals surface area (Å²) in [5.74, 6) is -0.329. The summed E-state index contributed by atoms with van der Waals surface area (Å²) in [4.78, 5) is 23.7. The smallest absolute Gasteiger partial charge is 0.331 e. The van der Waals surface area contributed by atoms with E-state index in [2.05, 4.69) is 21.2 Å². The molecular weight excluding hydrogens is 398 g/mol. The van der Waals surface area contributed by atoms with E-state index in [4.69, 9.17) is 9.47 Å². The van der Waals surface area contributed by atoms with Gasteiger partial charge in [-0.2, -0.15) is 0 Å². The zero-order valence-corrected chi connectivity index (χ0v) is 16.2. The van der Waals surface area contributed by atoms with Crippen molar-refractivity contribution in [3.05, 3.63) is 70.2 Å². The molecule has 0 aliphatic rings. The Morgan fingerprint density at radius 3 is 2.62 bits per heavy atom. The molecule has 0 heterocycles. The van der Waals surface area contributed by atoms with Crippen LogP contribution in [0.3, 0.4) is 0 Å². The summed E-state index contributed by atoms with van der Waals surface area (Å²) in [6.07, 6.45) is 2.84. The molecule has 6 heteroatoms. The number of nitrogens with one attached hydrogen (secondary N) is 1. The van der Waals surface area contributed by atoms with E-state index in [1.807, 2.05) is 49.4 Å². The van der Waals surface area contributed by atoms with Crippen molar-refractivity contribution in [3.8, 4) is 5.75 Å². The van der Waals surface area contributed by atoms with E-state index in [0.717, 1.165) is 15.6 Å². The maximum absolute atomic E-state index is 11.9. The van der Waals surface area contributed by atoms with Gasteiger partial charge >= 0.3 is 5.97 Å². The zero-order valence-electron chi connectivity index (χ0n) is 14.6. The Bertz CT molecular complexity index is 790. The zero-order chi connectivity index (χ0) is 18.9. The summed E-state index contributed by atoms with van der Waals surface area (Å²) in [7, 11) is 1.55. The number of esters is 1. The van der Waals surface area contributed by atoms with Crippen LogP contribution in [0.15, 0.2) is 59.1 Å². The number of halogens is 1. The van der Waals surface area contributed by atoms with E-state index >= 15 is 0 Å². The van der Waals surface area contributed by atoms with Gasteiger partial charge in [0, 0.05) is 16.1 Å². The highest BCUT2D eigenvalue weighted by Crippen LogP contribution is 2.24. The number of amides is 1. The number of hydrogen-bond donors (Lipinski definition) is 1. The third-order valence-corrected chi connectivity index (χ3v) is 4.11. The fraction of sp³-hybridized carbons (Fsp3) is 0.200. The summed E-state index contributed by atoms with van der Waals surface area (Å²) >= 11 is 3.37. The lowest BCUT2D eigenvalue weighted by Crippen LogP contribution is -2.30. The number of benzene rings is 2. The van der Waals surface area contributed by atoms with Crippen LogP contribution in [-0.4, -0.2) is 25.6 Å². The van der Waals surface area contributed by atoms with Gasteiger partial charge in [-0.15, -0.1) is 0 Å². The second-order valence-corrected chi connectivity index (χ2v) is 6.44. The Labute approximate surface area is 161 Å². The molecule has 2 aromatic carbocycles. The summed E-state index contributed by atoms with van der Waals surface area (Å²) in [5, 5.41) is 2.78. The van der Waals surface area contributed by atoms with E-state index in [1.54, 1.807) is 19.3 Å². The molecule has 0 aromatic heterocycles. The molecule has 0 fully saturated rings. The largest absolute Gasteiger partial charge is 0.496 e. The van der Waals surface area contributed by atoms with Crippen LogP contribution in [0.4, 0.5) is 0 Å². The van der Waals surface area contributed by atoms with Crippen LogP contribution < -0.4 is 10.1 Å². The first-order valence-corrected chi connectivity index (χ1v) is 8.81. The molecule has 0 radical (unpaired) electrons. The highest BCUT2D eigenvalue weighted by atomic mass is 79.9. The second-order valence-electron chi connectivity index (χ2n) is 5.53. The Kier molecular flexibility index (Phi) is 7.41. The lowest BCUT2D eigenvalue weighted by Gasteiger charge is -2.14. The molecule has 0 bridgehead atoms. The molecule has 0 aliphatic heterocycles. The molecule has 1 atom stereocenters. The summed E-state index contributed by atoms with van der Waals surface area (Å²) in [6.45, 7) is 1.53. The summed E-state index contributed by atoms with van der Waals surface area (Å²) in [5.41, 5.74) is 1.70. The van der Waals surface area contributed by atoms with Crippen LogP contribution in [0.1, 0.15) is 24.1 Å². The Morgan fingerprint density at radius 1 is 1.19 bits per heavy atom. The quantitative estimate of drug-likeness (QED) is 0.548. The number of rotatable bonds is 7. The van der Waals surface area contributed by atoms with Crippen LogP contribution in [-0.2, 0) is 14.3 Å². The first-order chi connectivity index (χ1) is 12.5. The molecule has 0 spiro atoms. The third-order valence-electron chi connectivity index (χ3n) is 3.61. The van der Waals surface area contributed by atoms with Gasteiger partial charge in [0.05, 0.1) is 13.2 Å². The van der Waals surface area contributed by atoms with Crippen molar-refractivity contribution < 1.29 is 19.1 Å². The Balaban J connectivity index is 1.85. The fourth-order valence-corrected chi connectivity index (χ4v) is 2.67. The van der Waals surface area contributed by atoms with Gasteiger partial charge in [-0.05, 0) is 36.8 Å². The normalized spacial score (nSPS) is 11.8. The first kappa shape index (κ1) is 19.7. The Morgan fingerprint density at radius 2 is 1.92 bits per heavy atom. The van der Waals surface area contributed by atoms with Crippen LogP contribution in [0.5, 0.6) is 5.75 Å². The van der Waals surface area contributed by atoms with Crippen LogP contribution in [0, 0.1) is 0 Å². The minimum Gasteiger partial charge on any atom is -0.496 e. The summed E-state index contributed by atoms with van der Waals surface area (Å²) in [6, 6.07) is 14.8. The lowest BCUT2D eigenvalue weighted by atomic mass is 10.1. The maximum atomic E-state index is 11.9. The molecule has 136 valence electrons. The second kappa shape index (κ2) is 9.77. The predicted molar refractivity (Wildman–Crippen MR) is 104 cm³/mol. The molecule has 1 N–H and O–H groups in total. The number of carbonyl (C=O) groups is 2. The van der Waals surface area contributed by atoms with Gasteiger partial charge in [0.25, 0.3) is 5.91 Å². The molecule has 2 aromatic rings. The topological polar surface area (TPSA) is 64.6 Å². The molecule has 0 aliphatic carbocycles. The molecule has 26 heavy (non-hydrogen) atoms. The number of ether oxygens (including phenoxy) is 2. The monoisotopic (exact) mass is 417 g/mol. The first-order valence-electron chi connectivity index (χ1n) is 8.02. The van der Waals surface area contributed by atoms with Crippen molar-refractivity contribution >= 4 is 33.9 Å². The maximum Gasteiger partial charge on any atom is 0.331 e. The van der Waals surface area contributed by atoms with E-state index in [0.29, 0.717) is 5.75 Å². The average Bonchev–Trinajstić information content (AvgIpc) is 2.65. The molecule has 0 unspecified atom stereocenters. The number of methoxy groups -OCH3 is 1. The average molecular weight is 418 g/mol.